The predicted octanol–water partition coefficient (Wildman–Crippen LogP) is 15.5. The molecule has 348 valence electrons. The van der Waals surface area contributed by atoms with Gasteiger partial charge in [-0.25, -0.2) is 0 Å². The van der Waals surface area contributed by atoms with Crippen molar-refractivity contribution in [2.24, 2.45) is 0 Å². The second-order valence-corrected chi connectivity index (χ2v) is 17.9. The molecule has 0 radical (unpaired) electrons. The minimum atomic E-state index is -0.668. The minimum Gasteiger partial charge on any atom is -0.466 e. The van der Waals surface area contributed by atoms with E-state index >= 15 is 0 Å². The topological polar surface area (TPSA) is 95.9 Å². The number of aliphatic hydroxyl groups excluding tert-OH is 2. The fourth-order valence-corrected chi connectivity index (χ4v) is 7.96. The first-order valence-corrected chi connectivity index (χ1v) is 26.1. The van der Waals surface area contributed by atoms with Crippen LogP contribution in [0.5, 0.6) is 0 Å². The van der Waals surface area contributed by atoms with E-state index < -0.39 is 12.1 Å². The monoisotopic (exact) mass is 832 g/mol. The Morgan fingerprint density at radius 1 is 0.475 bits per heavy atom. The number of aliphatic hydroxyl groups is 2. The summed E-state index contributed by atoms with van der Waals surface area (Å²) >= 11 is 0. The van der Waals surface area contributed by atoms with Gasteiger partial charge in [0.15, 0.2) is 0 Å². The van der Waals surface area contributed by atoms with Gasteiger partial charge in [0.1, 0.15) is 0 Å². The van der Waals surface area contributed by atoms with Crippen LogP contribution in [0.1, 0.15) is 277 Å². The molecule has 0 heterocycles. The van der Waals surface area contributed by atoms with Gasteiger partial charge in [0.25, 0.3) is 0 Å². The molecule has 0 saturated heterocycles. The average Bonchev–Trinajstić information content (AvgIpc) is 3.24. The van der Waals surface area contributed by atoms with Crippen LogP contribution in [-0.4, -0.2) is 47.4 Å². The van der Waals surface area contributed by atoms with Crippen molar-refractivity contribution in [2.45, 2.75) is 289 Å². The largest absolute Gasteiger partial charge is 0.466 e. The summed E-state index contributed by atoms with van der Waals surface area (Å²) in [5, 5.41) is 23.1. The zero-order valence-corrected chi connectivity index (χ0v) is 39.5. The highest BCUT2D eigenvalue weighted by molar-refractivity contribution is 5.76. The number of allylic oxidation sites excluding steroid dienone is 4. The van der Waals surface area contributed by atoms with Crippen LogP contribution < -0.4 is 5.32 Å². The van der Waals surface area contributed by atoms with Crippen LogP contribution in [-0.2, 0) is 14.3 Å². The quantitative estimate of drug-likeness (QED) is 0.0322. The maximum absolute atomic E-state index is 12.4. The van der Waals surface area contributed by atoms with Gasteiger partial charge in [-0.15, -0.1) is 0 Å². The Morgan fingerprint density at radius 3 is 1.31 bits per heavy atom. The van der Waals surface area contributed by atoms with Crippen molar-refractivity contribution in [3.8, 4) is 0 Å². The molecule has 2 unspecified atom stereocenters. The van der Waals surface area contributed by atoms with Crippen molar-refractivity contribution >= 4 is 11.9 Å². The fraction of sp³-hybridized carbons (Fsp3) is 0.887. The standard InChI is InChI=1S/C53H101NO5/c1-3-5-7-9-11-13-14-15-16-17-18-21-24-27-31-35-39-43-47-53(58)59-48-44-40-36-32-28-25-22-19-20-23-26-30-34-38-42-46-52(57)54-50(49-55)51(56)45-41-37-33-29-12-10-8-6-4-2/h13-14,16-17,50-51,55-56H,3-12,15,18-49H2,1-2H3,(H,54,57)/b14-13-,17-16-. The highest BCUT2D eigenvalue weighted by Crippen LogP contribution is 2.16. The van der Waals surface area contributed by atoms with E-state index in [0.29, 0.717) is 25.9 Å². The molecule has 0 bridgehead atoms. The molecule has 0 fully saturated rings. The fourth-order valence-electron chi connectivity index (χ4n) is 7.96. The van der Waals surface area contributed by atoms with Crippen LogP contribution in [0.15, 0.2) is 24.3 Å². The van der Waals surface area contributed by atoms with E-state index in [2.05, 4.69) is 43.5 Å². The molecule has 0 rings (SSSR count). The van der Waals surface area contributed by atoms with Gasteiger partial charge in [0.05, 0.1) is 25.4 Å². The molecule has 3 N–H and O–H groups in total. The van der Waals surface area contributed by atoms with Gasteiger partial charge in [-0.1, -0.05) is 231 Å². The van der Waals surface area contributed by atoms with Gasteiger partial charge in [0.2, 0.25) is 5.91 Å². The molecule has 0 aliphatic heterocycles. The van der Waals surface area contributed by atoms with Gasteiger partial charge >= 0.3 is 5.97 Å². The van der Waals surface area contributed by atoms with Crippen LogP contribution >= 0.6 is 0 Å². The summed E-state index contributed by atoms with van der Waals surface area (Å²) in [4.78, 5) is 24.4. The summed E-state index contributed by atoms with van der Waals surface area (Å²) in [6, 6.07) is -0.546. The van der Waals surface area contributed by atoms with Crippen LogP contribution in [0.25, 0.3) is 0 Å². The molecule has 0 spiro atoms. The first-order valence-electron chi connectivity index (χ1n) is 26.1. The molecular formula is C53H101NO5. The summed E-state index contributed by atoms with van der Waals surface area (Å²) in [5.74, 6) is -0.0535. The lowest BCUT2D eigenvalue weighted by molar-refractivity contribution is -0.143. The number of carbonyl (C=O) groups excluding carboxylic acids is 2. The summed E-state index contributed by atoms with van der Waals surface area (Å²) in [5.41, 5.74) is 0. The van der Waals surface area contributed by atoms with E-state index in [1.165, 1.54) is 186 Å². The second-order valence-electron chi connectivity index (χ2n) is 17.9. The molecule has 59 heavy (non-hydrogen) atoms. The number of rotatable bonds is 48. The number of esters is 1. The average molecular weight is 832 g/mol. The lowest BCUT2D eigenvalue weighted by atomic mass is 10.0. The first kappa shape index (κ1) is 57.3. The summed E-state index contributed by atoms with van der Waals surface area (Å²) < 4.78 is 5.47. The third-order valence-corrected chi connectivity index (χ3v) is 12.0. The zero-order chi connectivity index (χ0) is 43.0. The van der Waals surface area contributed by atoms with Crippen molar-refractivity contribution in [2.75, 3.05) is 13.2 Å². The van der Waals surface area contributed by atoms with Gasteiger partial charge in [-0.3, -0.25) is 9.59 Å². The number of hydrogen-bond acceptors (Lipinski definition) is 5. The highest BCUT2D eigenvalue weighted by Gasteiger charge is 2.20. The molecule has 0 aromatic heterocycles. The number of carbonyl (C=O) groups is 2. The molecule has 2 atom stereocenters. The normalized spacial score (nSPS) is 12.8. The van der Waals surface area contributed by atoms with Gasteiger partial charge in [-0.2, -0.15) is 0 Å². The Kier molecular flexibility index (Phi) is 47.6. The van der Waals surface area contributed by atoms with Crippen molar-refractivity contribution in [1.82, 2.24) is 5.32 Å². The molecule has 0 aromatic rings. The molecular weight excluding hydrogens is 731 g/mol. The molecule has 1 amide bonds. The van der Waals surface area contributed by atoms with E-state index in [1.807, 2.05) is 0 Å². The molecule has 6 heteroatoms. The van der Waals surface area contributed by atoms with Gasteiger partial charge < -0.3 is 20.3 Å². The molecule has 0 aromatic carbocycles. The summed E-state index contributed by atoms with van der Waals surface area (Å²) in [6.45, 7) is 4.89. The van der Waals surface area contributed by atoms with Crippen LogP contribution in [0.2, 0.25) is 0 Å². The Hall–Kier alpha value is -1.66. The van der Waals surface area contributed by atoms with Gasteiger partial charge in [-0.05, 0) is 57.8 Å². The lowest BCUT2D eigenvalue weighted by Gasteiger charge is -2.22. The van der Waals surface area contributed by atoms with E-state index in [9.17, 15) is 19.8 Å². The Balaban J connectivity index is 3.40. The van der Waals surface area contributed by atoms with E-state index in [-0.39, 0.29) is 18.5 Å². The number of amides is 1. The van der Waals surface area contributed by atoms with E-state index in [0.717, 1.165) is 57.8 Å². The third kappa shape index (κ3) is 45.7. The number of unbranched alkanes of at least 4 members (excludes halogenated alkanes) is 33. The smallest absolute Gasteiger partial charge is 0.305 e. The van der Waals surface area contributed by atoms with Crippen molar-refractivity contribution in [1.29, 1.82) is 0 Å². The summed E-state index contributed by atoms with van der Waals surface area (Å²) in [7, 11) is 0. The lowest BCUT2D eigenvalue weighted by Crippen LogP contribution is -2.45. The number of hydrogen-bond donors (Lipinski definition) is 3. The van der Waals surface area contributed by atoms with E-state index in [4.69, 9.17) is 4.74 Å². The van der Waals surface area contributed by atoms with Crippen LogP contribution in [0.3, 0.4) is 0 Å². The first-order chi connectivity index (χ1) is 29.0. The van der Waals surface area contributed by atoms with Crippen LogP contribution in [0, 0.1) is 0 Å². The highest BCUT2D eigenvalue weighted by atomic mass is 16.5. The molecule has 0 aliphatic rings. The maximum atomic E-state index is 12.4. The van der Waals surface area contributed by atoms with E-state index in [1.54, 1.807) is 0 Å². The van der Waals surface area contributed by atoms with Crippen molar-refractivity contribution in [3.05, 3.63) is 24.3 Å². The molecule has 0 aliphatic carbocycles. The zero-order valence-electron chi connectivity index (χ0n) is 39.5. The Bertz CT molecular complexity index is 920. The number of ether oxygens (including phenoxy) is 1. The summed E-state index contributed by atoms with van der Waals surface area (Å²) in [6.07, 6.45) is 57.2. The Morgan fingerprint density at radius 2 is 0.847 bits per heavy atom. The minimum absolute atomic E-state index is 0.00706. The third-order valence-electron chi connectivity index (χ3n) is 12.0. The van der Waals surface area contributed by atoms with Gasteiger partial charge in [0, 0.05) is 12.8 Å². The van der Waals surface area contributed by atoms with Crippen molar-refractivity contribution in [3.63, 3.8) is 0 Å². The van der Waals surface area contributed by atoms with Crippen LogP contribution in [0.4, 0.5) is 0 Å². The Labute approximate surface area is 367 Å². The van der Waals surface area contributed by atoms with Crippen molar-refractivity contribution < 1.29 is 24.5 Å². The number of nitrogens with one attached hydrogen (secondary N) is 1. The molecule has 6 nitrogen and oxygen atoms in total. The molecule has 0 saturated carbocycles. The SMILES string of the molecule is CCCCCC/C=C\C/C=C\CCCCCCCCCC(=O)OCCCCCCCCCCCCCCCCCC(=O)NC(CO)C(O)CCCCCCCCCCC. The second kappa shape index (κ2) is 49.0. The maximum Gasteiger partial charge on any atom is 0.305 e. The predicted molar refractivity (Wildman–Crippen MR) is 255 cm³/mol.